The highest BCUT2D eigenvalue weighted by Crippen LogP contribution is 2.44. The average Bonchev–Trinajstić information content (AvgIpc) is 3.64. The molecule has 9 heteroatoms. The molecule has 0 unspecified atom stereocenters. The maximum atomic E-state index is 13.2. The molecule has 0 bridgehead atoms. The highest BCUT2D eigenvalue weighted by molar-refractivity contribution is 7.90. The van der Waals surface area contributed by atoms with E-state index in [1.54, 1.807) is 55.0 Å². The highest BCUT2D eigenvalue weighted by atomic mass is 32.2. The van der Waals surface area contributed by atoms with Gasteiger partial charge in [-0.1, -0.05) is 24.3 Å². The Morgan fingerprint density at radius 2 is 1.70 bits per heavy atom. The van der Waals surface area contributed by atoms with Crippen LogP contribution in [-0.2, 0) is 14.8 Å². The largest absolute Gasteiger partial charge is 0.342 e. The molecule has 2 aliphatic rings. The molecule has 2 fully saturated rings. The van der Waals surface area contributed by atoms with Crippen molar-refractivity contribution in [3.05, 3.63) is 90.9 Å². The lowest BCUT2D eigenvalue weighted by molar-refractivity contribution is -0.137. The van der Waals surface area contributed by atoms with Crippen LogP contribution in [0.15, 0.2) is 90.2 Å². The van der Waals surface area contributed by atoms with Crippen molar-refractivity contribution in [3.8, 4) is 0 Å². The molecular weight excluding hydrogens is 522 g/mol. The Kier molecular flexibility index (Phi) is 6.04. The van der Waals surface area contributed by atoms with Crippen LogP contribution in [0.3, 0.4) is 0 Å². The Balaban J connectivity index is 1.13. The summed E-state index contributed by atoms with van der Waals surface area (Å²) >= 11 is 0. The predicted octanol–water partition coefficient (Wildman–Crippen LogP) is 5.68. The lowest BCUT2D eigenvalue weighted by Gasteiger charge is -2.37. The van der Waals surface area contributed by atoms with Crippen molar-refractivity contribution in [1.82, 2.24) is 18.8 Å². The number of hydrogen-bond donors (Lipinski definition) is 1. The zero-order valence-electron chi connectivity index (χ0n) is 21.9. The average molecular weight is 552 g/mol. The first-order chi connectivity index (χ1) is 19.5. The van der Waals surface area contributed by atoms with Crippen molar-refractivity contribution in [3.63, 3.8) is 0 Å². The molecule has 0 radical (unpaired) electrons. The van der Waals surface area contributed by atoms with Gasteiger partial charge in [0.25, 0.3) is 10.0 Å². The molecule has 7 rings (SSSR count). The fourth-order valence-corrected chi connectivity index (χ4v) is 7.34. The summed E-state index contributed by atoms with van der Waals surface area (Å²) in [5.74, 6) is 1.50. The highest BCUT2D eigenvalue weighted by Gasteiger charge is 2.38. The van der Waals surface area contributed by atoms with Gasteiger partial charge < -0.3 is 10.2 Å². The van der Waals surface area contributed by atoms with Gasteiger partial charge in [-0.05, 0) is 85.7 Å². The smallest absolute Gasteiger partial charge is 0.268 e. The number of amides is 1. The van der Waals surface area contributed by atoms with E-state index < -0.39 is 10.0 Å². The van der Waals surface area contributed by atoms with Crippen molar-refractivity contribution < 1.29 is 13.2 Å². The van der Waals surface area contributed by atoms with Gasteiger partial charge in [-0.2, -0.15) is 0 Å². The Hall–Kier alpha value is -4.24. The Labute approximate surface area is 232 Å². The number of carbonyl (C=O) groups is 1. The monoisotopic (exact) mass is 551 g/mol. The molecule has 3 heterocycles. The van der Waals surface area contributed by atoms with Crippen molar-refractivity contribution in [2.75, 3.05) is 18.4 Å². The molecule has 2 aromatic heterocycles. The number of benzene rings is 3. The molecule has 1 aliphatic heterocycles. The van der Waals surface area contributed by atoms with Crippen LogP contribution in [0.25, 0.3) is 21.8 Å². The molecule has 1 saturated heterocycles. The molecule has 8 nitrogen and oxygen atoms in total. The number of rotatable bonds is 6. The molecule has 0 spiro atoms. The number of fused-ring (bicyclic) bond motifs is 2. The third-order valence-electron chi connectivity index (χ3n) is 8.25. The topological polar surface area (TPSA) is 97.2 Å². The van der Waals surface area contributed by atoms with Crippen LogP contribution in [-0.4, -0.2) is 46.3 Å². The number of likely N-dealkylation sites (tertiary alicyclic amines) is 1. The van der Waals surface area contributed by atoms with E-state index >= 15 is 0 Å². The van der Waals surface area contributed by atoms with Gasteiger partial charge in [-0.3, -0.25) is 4.79 Å². The Bertz CT molecular complexity index is 1840. The van der Waals surface area contributed by atoms with Gasteiger partial charge in [0, 0.05) is 41.7 Å². The van der Waals surface area contributed by atoms with Crippen LogP contribution >= 0.6 is 0 Å². The summed E-state index contributed by atoms with van der Waals surface area (Å²) in [7, 11) is -3.70. The Morgan fingerprint density at radius 1 is 0.900 bits per heavy atom. The molecule has 1 aliphatic carbocycles. The normalized spacial score (nSPS) is 19.1. The van der Waals surface area contributed by atoms with Gasteiger partial charge >= 0.3 is 0 Å². The van der Waals surface area contributed by atoms with E-state index in [9.17, 15) is 13.2 Å². The van der Waals surface area contributed by atoms with E-state index in [0.29, 0.717) is 23.2 Å². The lowest BCUT2D eigenvalue weighted by atomic mass is 9.70. The van der Waals surface area contributed by atoms with E-state index in [2.05, 4.69) is 27.4 Å². The summed E-state index contributed by atoms with van der Waals surface area (Å²) in [6.07, 6.45) is 7.14. The summed E-state index contributed by atoms with van der Waals surface area (Å²) in [4.78, 5) is 24.0. The van der Waals surface area contributed by atoms with Crippen molar-refractivity contribution in [1.29, 1.82) is 0 Å². The molecule has 3 aromatic carbocycles. The second kappa shape index (κ2) is 9.75. The number of hydrogen-bond acceptors (Lipinski definition) is 6. The maximum Gasteiger partial charge on any atom is 0.268 e. The summed E-state index contributed by atoms with van der Waals surface area (Å²) < 4.78 is 27.7. The van der Waals surface area contributed by atoms with Crippen LogP contribution in [0, 0.1) is 5.92 Å². The van der Waals surface area contributed by atoms with E-state index in [4.69, 9.17) is 0 Å². The molecule has 40 heavy (non-hydrogen) atoms. The first-order valence-electron chi connectivity index (χ1n) is 13.7. The number of aromatic nitrogens is 3. The lowest BCUT2D eigenvalue weighted by Crippen LogP contribution is -2.39. The quantitative estimate of drug-likeness (QED) is 0.292. The van der Waals surface area contributed by atoms with Crippen LogP contribution in [0.4, 0.5) is 11.5 Å². The minimum Gasteiger partial charge on any atom is -0.342 e. The molecule has 202 valence electrons. The summed E-state index contributed by atoms with van der Waals surface area (Å²) in [5, 5.41) is 5.13. The van der Waals surface area contributed by atoms with Gasteiger partial charge in [0.2, 0.25) is 5.91 Å². The first kappa shape index (κ1) is 24.8. The minimum atomic E-state index is -3.70. The molecule has 1 amide bonds. The van der Waals surface area contributed by atoms with Crippen molar-refractivity contribution in [2.45, 2.75) is 36.5 Å². The van der Waals surface area contributed by atoms with E-state index in [-0.39, 0.29) is 10.8 Å². The summed E-state index contributed by atoms with van der Waals surface area (Å²) in [6.45, 7) is 1.81. The second-order valence-corrected chi connectivity index (χ2v) is 12.5. The zero-order valence-corrected chi connectivity index (χ0v) is 22.7. The van der Waals surface area contributed by atoms with Gasteiger partial charge in [-0.15, -0.1) is 0 Å². The summed E-state index contributed by atoms with van der Waals surface area (Å²) in [5.41, 5.74) is 3.45. The molecule has 1 N–H and O–H groups in total. The third-order valence-corrected chi connectivity index (χ3v) is 9.96. The maximum absolute atomic E-state index is 13.2. The number of anilines is 2. The fourth-order valence-electron chi connectivity index (χ4n) is 5.96. The van der Waals surface area contributed by atoms with Crippen LogP contribution in [0.5, 0.6) is 0 Å². The standard InChI is InChI=1S/C31H29N5O3S/c37-31(35-13-4-5-14-35)24-16-23(17-24)21-8-10-28-27(19-21)30(33-20-32-28)34-25-9-11-29-22(18-25)12-15-36(29)40(38,39)26-6-2-1-3-7-26/h1-3,6-12,15,18-20,23-24H,4-5,13-14,16-17H2,(H,32,33,34)/t23-,24-. The molecule has 0 atom stereocenters. The third kappa shape index (κ3) is 4.30. The van der Waals surface area contributed by atoms with E-state index in [1.807, 2.05) is 23.1 Å². The molecule has 1 saturated carbocycles. The summed E-state index contributed by atoms with van der Waals surface area (Å²) in [6, 6.07) is 22.1. The first-order valence-corrected chi connectivity index (χ1v) is 15.1. The number of carbonyl (C=O) groups excluding carboxylic acids is 1. The minimum absolute atomic E-state index is 0.133. The van der Waals surface area contributed by atoms with Gasteiger partial charge in [-0.25, -0.2) is 22.4 Å². The van der Waals surface area contributed by atoms with E-state index in [1.165, 1.54) is 9.54 Å². The van der Waals surface area contributed by atoms with Crippen molar-refractivity contribution >= 4 is 49.2 Å². The van der Waals surface area contributed by atoms with Crippen LogP contribution in [0.2, 0.25) is 0 Å². The van der Waals surface area contributed by atoms with Gasteiger partial charge in [0.05, 0.1) is 15.9 Å². The van der Waals surface area contributed by atoms with Crippen LogP contribution in [0.1, 0.15) is 37.2 Å². The number of nitrogens with zero attached hydrogens (tertiary/aromatic N) is 4. The van der Waals surface area contributed by atoms with Crippen molar-refractivity contribution in [2.24, 2.45) is 5.92 Å². The predicted molar refractivity (Wildman–Crippen MR) is 155 cm³/mol. The zero-order chi connectivity index (χ0) is 27.3. The van der Waals surface area contributed by atoms with Gasteiger partial charge in [0.15, 0.2) is 0 Å². The fraction of sp³-hybridized carbons (Fsp3) is 0.258. The molecule has 5 aromatic rings. The van der Waals surface area contributed by atoms with Gasteiger partial charge in [0.1, 0.15) is 12.1 Å². The SMILES string of the molecule is O=C([C@H]1C[C@H](c2ccc3ncnc(Nc4ccc5c(ccn5S(=O)(=O)c5ccccc5)c4)c3c2)C1)N1CCCC1. The Morgan fingerprint density at radius 3 is 2.50 bits per heavy atom. The molecular formula is C31H29N5O3S. The van der Waals surface area contributed by atoms with Crippen LogP contribution < -0.4 is 5.32 Å². The second-order valence-electron chi connectivity index (χ2n) is 10.7. The van der Waals surface area contributed by atoms with E-state index in [0.717, 1.165) is 60.7 Å². The number of nitrogens with one attached hydrogen (secondary N) is 1.